The first-order valence-electron chi connectivity index (χ1n) is 9.22. The number of nitrogens with zero attached hydrogens (tertiary/aromatic N) is 1. The van der Waals surface area contributed by atoms with E-state index in [1.807, 2.05) is 74.5 Å². The van der Waals surface area contributed by atoms with Crippen molar-refractivity contribution < 1.29 is 59.8 Å². The summed E-state index contributed by atoms with van der Waals surface area (Å²) in [4.78, 5) is 26.8. The maximum atomic E-state index is 11.8. The molecule has 0 aliphatic carbocycles. The van der Waals surface area contributed by atoms with Crippen LogP contribution in [-0.2, 0) is 19.3 Å². The second-order valence-electron chi connectivity index (χ2n) is 6.24. The van der Waals surface area contributed by atoms with Crippen LogP contribution >= 0.6 is 0 Å². The SMILES string of the molecule is CC(=NOCC(C)Oc1ccccc1)C(=O)ONOCC(C)Oc1ccccc1.[H-].[Na+]. The van der Waals surface area contributed by atoms with E-state index in [4.69, 9.17) is 24.0 Å². The minimum atomic E-state index is -0.724. The molecule has 1 N–H and O–H groups in total. The van der Waals surface area contributed by atoms with Gasteiger partial charge in [-0.15, -0.1) is 0 Å². The fraction of sp³-hybridized carbons (Fsp3) is 0.333. The number of oxime groups is 1. The van der Waals surface area contributed by atoms with Gasteiger partial charge in [-0.2, -0.15) is 0 Å². The molecule has 2 rings (SSSR count). The van der Waals surface area contributed by atoms with Crippen molar-refractivity contribution in [3.8, 4) is 11.5 Å². The molecule has 0 amide bonds. The first-order valence-corrected chi connectivity index (χ1v) is 9.22. The first kappa shape index (κ1) is 25.9. The third-order valence-electron chi connectivity index (χ3n) is 3.48. The van der Waals surface area contributed by atoms with E-state index >= 15 is 0 Å². The third-order valence-corrected chi connectivity index (χ3v) is 3.48. The van der Waals surface area contributed by atoms with Gasteiger partial charge in [-0.05, 0) is 50.7 Å². The normalized spacial score (nSPS) is 12.8. The zero-order valence-corrected chi connectivity index (χ0v) is 19.7. The van der Waals surface area contributed by atoms with Crippen molar-refractivity contribution in [3.63, 3.8) is 0 Å². The Morgan fingerprint density at radius 3 is 1.97 bits per heavy atom. The van der Waals surface area contributed by atoms with Gasteiger partial charge >= 0.3 is 35.5 Å². The van der Waals surface area contributed by atoms with Gasteiger partial charge in [0.15, 0.2) is 12.3 Å². The molecule has 0 bridgehead atoms. The van der Waals surface area contributed by atoms with E-state index in [0.717, 1.165) is 11.5 Å². The molecule has 0 aliphatic heterocycles. The Kier molecular flexibility index (Phi) is 12.8. The van der Waals surface area contributed by atoms with Crippen LogP contribution in [0.4, 0.5) is 0 Å². The maximum Gasteiger partial charge on any atom is 1.00 e. The van der Waals surface area contributed by atoms with Crippen molar-refractivity contribution in [2.45, 2.75) is 33.0 Å². The van der Waals surface area contributed by atoms with Crippen LogP contribution < -0.4 is 44.7 Å². The van der Waals surface area contributed by atoms with Crippen molar-refractivity contribution in [2.24, 2.45) is 5.16 Å². The molecular formula is C21H27N2NaO6. The zero-order valence-electron chi connectivity index (χ0n) is 18.7. The van der Waals surface area contributed by atoms with E-state index in [9.17, 15) is 4.79 Å². The summed E-state index contributed by atoms with van der Waals surface area (Å²) < 4.78 is 11.3. The van der Waals surface area contributed by atoms with E-state index in [1.165, 1.54) is 6.92 Å². The van der Waals surface area contributed by atoms with E-state index in [-0.39, 0.29) is 62.1 Å². The second-order valence-corrected chi connectivity index (χ2v) is 6.24. The van der Waals surface area contributed by atoms with Gasteiger partial charge in [0.25, 0.3) is 0 Å². The van der Waals surface area contributed by atoms with Crippen molar-refractivity contribution in [2.75, 3.05) is 13.2 Å². The van der Waals surface area contributed by atoms with Gasteiger partial charge in [-0.3, -0.25) is 4.84 Å². The summed E-state index contributed by atoms with van der Waals surface area (Å²) in [5, 5.41) is 3.72. The predicted molar refractivity (Wildman–Crippen MR) is 108 cm³/mol. The number of carbonyl (C=O) groups excluding carboxylic acids is 1. The summed E-state index contributed by atoms with van der Waals surface area (Å²) in [5.74, 6) is 0.736. The van der Waals surface area contributed by atoms with Crippen LogP contribution in [0, 0.1) is 0 Å². The topological polar surface area (TPSA) is 87.6 Å². The monoisotopic (exact) mass is 426 g/mol. The van der Waals surface area contributed by atoms with Crippen molar-refractivity contribution >= 4 is 11.7 Å². The minimum absolute atomic E-state index is 0. The molecule has 2 aromatic carbocycles. The molecule has 0 aliphatic rings. The first-order chi connectivity index (χ1) is 14.0. The van der Waals surface area contributed by atoms with Crippen LogP contribution in [0.3, 0.4) is 0 Å². The molecule has 2 aromatic rings. The van der Waals surface area contributed by atoms with Crippen molar-refractivity contribution in [1.29, 1.82) is 0 Å². The number of hydrogen-bond acceptors (Lipinski definition) is 8. The Morgan fingerprint density at radius 1 is 0.933 bits per heavy atom. The standard InChI is InChI=1S/C21H26N2O6.Na.H/c1-16(27-19-10-6-4-7-11-19)14-25-22-18(3)21(24)29-23-26-15-17(2)28-20-12-8-5-9-13-20;;/h4-13,16-17,23H,14-15H2,1-3H3;;/q;+1;-1. The Balaban J connectivity index is 0.00000450. The average Bonchev–Trinajstić information content (AvgIpc) is 2.72. The summed E-state index contributed by atoms with van der Waals surface area (Å²) >= 11 is 0. The van der Waals surface area contributed by atoms with Gasteiger partial charge in [0, 0.05) is 0 Å². The largest absolute Gasteiger partial charge is 1.00 e. The predicted octanol–water partition coefficient (Wildman–Crippen LogP) is 0.410. The molecule has 8 nitrogen and oxygen atoms in total. The molecule has 2 unspecified atom stereocenters. The number of para-hydroxylation sites is 2. The van der Waals surface area contributed by atoms with Crippen LogP contribution in [0.25, 0.3) is 0 Å². The summed E-state index contributed by atoms with van der Waals surface area (Å²) in [6.45, 7) is 5.48. The van der Waals surface area contributed by atoms with Gasteiger partial charge in [0.2, 0.25) is 0 Å². The summed E-state index contributed by atoms with van der Waals surface area (Å²) in [6, 6.07) is 18.7. The number of carbonyl (C=O) groups is 1. The molecule has 9 heteroatoms. The summed E-state index contributed by atoms with van der Waals surface area (Å²) in [6.07, 6.45) is -0.481. The Labute approximate surface area is 200 Å². The molecule has 2 atom stereocenters. The minimum Gasteiger partial charge on any atom is -1.00 e. The zero-order chi connectivity index (χ0) is 20.9. The van der Waals surface area contributed by atoms with E-state index in [1.54, 1.807) is 0 Å². The molecule has 30 heavy (non-hydrogen) atoms. The van der Waals surface area contributed by atoms with Gasteiger partial charge in [-0.25, -0.2) is 4.79 Å². The van der Waals surface area contributed by atoms with Gasteiger partial charge in [0.1, 0.15) is 30.3 Å². The number of benzene rings is 2. The Bertz CT molecular complexity index is 767. The van der Waals surface area contributed by atoms with Crippen LogP contribution in [0.15, 0.2) is 65.8 Å². The summed E-state index contributed by atoms with van der Waals surface area (Å²) in [5.41, 5.74) is 2.15. The van der Waals surface area contributed by atoms with Gasteiger partial charge in [0.05, 0.1) is 0 Å². The molecule has 0 saturated carbocycles. The molecule has 0 heterocycles. The molecule has 0 aromatic heterocycles. The second kappa shape index (κ2) is 14.8. The van der Waals surface area contributed by atoms with E-state index in [0.29, 0.717) is 0 Å². The third kappa shape index (κ3) is 10.6. The summed E-state index contributed by atoms with van der Waals surface area (Å²) in [7, 11) is 0. The molecule has 0 spiro atoms. The number of hydrogen-bond donors (Lipinski definition) is 1. The number of ether oxygens (including phenoxy) is 2. The van der Waals surface area contributed by atoms with E-state index < -0.39 is 5.97 Å². The molecule has 0 radical (unpaired) electrons. The molecule has 158 valence electrons. The van der Waals surface area contributed by atoms with Crippen molar-refractivity contribution in [1.82, 2.24) is 5.64 Å². The van der Waals surface area contributed by atoms with Crippen LogP contribution in [0.2, 0.25) is 0 Å². The Hall–Kier alpha value is -2.10. The maximum absolute atomic E-state index is 11.8. The number of rotatable bonds is 12. The Morgan fingerprint density at radius 2 is 1.43 bits per heavy atom. The van der Waals surface area contributed by atoms with Crippen LogP contribution in [0.1, 0.15) is 22.2 Å². The fourth-order valence-electron chi connectivity index (χ4n) is 2.10. The fourth-order valence-corrected chi connectivity index (χ4v) is 2.10. The van der Waals surface area contributed by atoms with Crippen LogP contribution in [-0.4, -0.2) is 37.1 Å². The van der Waals surface area contributed by atoms with E-state index in [2.05, 4.69) is 10.8 Å². The van der Waals surface area contributed by atoms with Gasteiger partial charge in [-0.1, -0.05) is 41.6 Å². The smallest absolute Gasteiger partial charge is 1.00 e. The molecular weight excluding hydrogens is 399 g/mol. The number of nitrogens with one attached hydrogen (secondary N) is 1. The molecule has 0 saturated heterocycles. The average molecular weight is 426 g/mol. The van der Waals surface area contributed by atoms with Gasteiger partial charge < -0.3 is 20.6 Å². The quantitative estimate of drug-likeness (QED) is 0.228. The van der Waals surface area contributed by atoms with Crippen molar-refractivity contribution in [3.05, 3.63) is 60.7 Å². The molecule has 0 fully saturated rings. The van der Waals surface area contributed by atoms with Crippen LogP contribution in [0.5, 0.6) is 11.5 Å².